The van der Waals surface area contributed by atoms with Crippen molar-refractivity contribution in [2.75, 3.05) is 19.6 Å². The van der Waals surface area contributed by atoms with Crippen LogP contribution >= 0.6 is 0 Å². The number of benzene rings is 2. The lowest BCUT2D eigenvalue weighted by Gasteiger charge is -2.45. The lowest BCUT2D eigenvalue weighted by molar-refractivity contribution is -0.101. The zero-order valence-corrected chi connectivity index (χ0v) is 20.8. The van der Waals surface area contributed by atoms with Gasteiger partial charge in [0.2, 0.25) is 0 Å². The summed E-state index contributed by atoms with van der Waals surface area (Å²) in [7, 11) is 0. The quantitative estimate of drug-likeness (QED) is 0.569. The molecule has 2 aliphatic rings. The van der Waals surface area contributed by atoms with Crippen molar-refractivity contribution in [1.82, 2.24) is 9.80 Å². The molecule has 0 aromatic heterocycles. The van der Waals surface area contributed by atoms with Crippen molar-refractivity contribution in [3.8, 4) is 0 Å². The highest BCUT2D eigenvalue weighted by atomic mass is 16.6. The van der Waals surface area contributed by atoms with Gasteiger partial charge in [0.05, 0.1) is 11.6 Å². The van der Waals surface area contributed by atoms with Gasteiger partial charge in [-0.2, -0.15) is 0 Å². The molecule has 2 heterocycles. The number of amides is 2. The number of piperidine rings is 1. The SMILES string of the molecule is C[C@@H](c1ccc(C2CCN(C(=O)O)CC2)cc1)N1CC[C@](CC(C)(C)O)(c2ccccc2)OC1=O. The maximum absolute atomic E-state index is 13.3. The summed E-state index contributed by atoms with van der Waals surface area (Å²) >= 11 is 0. The summed E-state index contributed by atoms with van der Waals surface area (Å²) in [5.41, 5.74) is 1.30. The number of ether oxygens (including phenoxy) is 1. The van der Waals surface area contributed by atoms with Crippen LogP contribution in [0.3, 0.4) is 0 Å². The van der Waals surface area contributed by atoms with Crippen LogP contribution in [0.25, 0.3) is 0 Å². The number of hydrogen-bond acceptors (Lipinski definition) is 4. The molecule has 2 aromatic carbocycles. The number of nitrogens with zero attached hydrogens (tertiary/aromatic N) is 2. The van der Waals surface area contributed by atoms with E-state index in [2.05, 4.69) is 24.3 Å². The monoisotopic (exact) mass is 480 g/mol. The zero-order chi connectivity index (χ0) is 25.2. The summed E-state index contributed by atoms with van der Waals surface area (Å²) in [4.78, 5) is 27.6. The number of hydrogen-bond donors (Lipinski definition) is 2. The molecule has 0 unspecified atom stereocenters. The van der Waals surface area contributed by atoms with Crippen LogP contribution in [0.5, 0.6) is 0 Å². The molecule has 2 N–H and O–H groups in total. The van der Waals surface area contributed by atoms with Crippen molar-refractivity contribution in [2.24, 2.45) is 0 Å². The first-order valence-corrected chi connectivity index (χ1v) is 12.4. The Bertz CT molecular complexity index is 1030. The minimum atomic E-state index is -0.986. The minimum absolute atomic E-state index is 0.152. The highest BCUT2D eigenvalue weighted by molar-refractivity contribution is 5.70. The minimum Gasteiger partial charge on any atom is -0.465 e. The van der Waals surface area contributed by atoms with Gasteiger partial charge in [-0.3, -0.25) is 0 Å². The van der Waals surface area contributed by atoms with E-state index in [0.29, 0.717) is 38.4 Å². The second-order valence-electron chi connectivity index (χ2n) is 10.5. The summed E-state index contributed by atoms with van der Waals surface area (Å²) < 4.78 is 6.11. The van der Waals surface area contributed by atoms with E-state index in [9.17, 15) is 14.7 Å². The van der Waals surface area contributed by atoms with Crippen molar-refractivity contribution >= 4 is 12.2 Å². The number of carbonyl (C=O) groups is 2. The fourth-order valence-corrected chi connectivity index (χ4v) is 5.52. The van der Waals surface area contributed by atoms with Gasteiger partial charge in [-0.05, 0) is 56.2 Å². The standard InChI is InChI=1S/C28H36N2O5/c1-20(21-9-11-22(12-10-21)23-13-16-29(17-14-23)25(31)32)30-18-15-28(35-26(30)33,19-27(2,3)34)24-7-5-4-6-8-24/h4-12,20,23,34H,13-19H2,1-3H3,(H,31,32)/t20-,28-/m0/s1. The van der Waals surface area contributed by atoms with E-state index in [1.165, 1.54) is 10.5 Å². The highest BCUT2D eigenvalue weighted by Gasteiger charge is 2.46. The molecule has 0 aliphatic carbocycles. The second-order valence-corrected chi connectivity index (χ2v) is 10.5. The Morgan fingerprint density at radius 2 is 1.71 bits per heavy atom. The lowest BCUT2D eigenvalue weighted by atomic mass is 9.80. The van der Waals surface area contributed by atoms with Crippen molar-refractivity contribution < 1.29 is 24.5 Å². The smallest absolute Gasteiger partial charge is 0.411 e. The van der Waals surface area contributed by atoms with Crippen LogP contribution in [0, 0.1) is 0 Å². The first kappa shape index (κ1) is 25.0. The van der Waals surface area contributed by atoms with Gasteiger partial charge in [-0.1, -0.05) is 54.6 Å². The van der Waals surface area contributed by atoms with E-state index in [1.54, 1.807) is 18.7 Å². The Hall–Kier alpha value is -3.06. The second kappa shape index (κ2) is 9.90. The number of carboxylic acid groups (broad SMARTS) is 1. The molecule has 7 nitrogen and oxygen atoms in total. The summed E-state index contributed by atoms with van der Waals surface area (Å²) in [5, 5.41) is 19.7. The van der Waals surface area contributed by atoms with E-state index in [4.69, 9.17) is 9.84 Å². The largest absolute Gasteiger partial charge is 0.465 e. The topological polar surface area (TPSA) is 90.3 Å². The fraction of sp³-hybridized carbons (Fsp3) is 0.500. The first-order chi connectivity index (χ1) is 16.6. The van der Waals surface area contributed by atoms with Crippen molar-refractivity contribution in [1.29, 1.82) is 0 Å². The Morgan fingerprint density at radius 3 is 2.26 bits per heavy atom. The van der Waals surface area contributed by atoms with Crippen LogP contribution in [0.4, 0.5) is 9.59 Å². The van der Waals surface area contributed by atoms with Crippen LogP contribution < -0.4 is 0 Å². The number of rotatable bonds is 6. The molecule has 2 amide bonds. The lowest BCUT2D eigenvalue weighted by Crippen LogP contribution is -2.51. The van der Waals surface area contributed by atoms with Gasteiger partial charge in [0.1, 0.15) is 5.60 Å². The third-order valence-corrected chi connectivity index (χ3v) is 7.42. The Balaban J connectivity index is 1.45. The van der Waals surface area contributed by atoms with Gasteiger partial charge >= 0.3 is 12.2 Å². The molecule has 7 heteroatoms. The molecule has 0 saturated carbocycles. The van der Waals surface area contributed by atoms with E-state index in [-0.39, 0.29) is 12.1 Å². The van der Waals surface area contributed by atoms with Crippen LogP contribution in [0.15, 0.2) is 54.6 Å². The predicted molar refractivity (Wildman–Crippen MR) is 133 cm³/mol. The Morgan fingerprint density at radius 1 is 1.09 bits per heavy atom. The molecule has 2 aliphatic heterocycles. The molecule has 35 heavy (non-hydrogen) atoms. The molecular formula is C28H36N2O5. The maximum atomic E-state index is 13.3. The Labute approximate surface area is 207 Å². The van der Waals surface area contributed by atoms with Crippen molar-refractivity contribution in [3.05, 3.63) is 71.3 Å². The van der Waals surface area contributed by atoms with E-state index in [0.717, 1.165) is 24.0 Å². The molecule has 2 atom stereocenters. The van der Waals surface area contributed by atoms with Gasteiger partial charge in [-0.15, -0.1) is 0 Å². The normalized spacial score (nSPS) is 22.6. The molecule has 2 aromatic rings. The van der Waals surface area contributed by atoms with Gasteiger partial charge in [0, 0.05) is 32.5 Å². The van der Waals surface area contributed by atoms with Gasteiger partial charge in [0.25, 0.3) is 0 Å². The summed E-state index contributed by atoms with van der Waals surface area (Å²) in [6, 6.07) is 17.9. The number of carbonyl (C=O) groups excluding carboxylic acids is 1. The molecular weight excluding hydrogens is 444 g/mol. The average molecular weight is 481 g/mol. The van der Waals surface area contributed by atoms with Gasteiger partial charge in [-0.25, -0.2) is 9.59 Å². The highest BCUT2D eigenvalue weighted by Crippen LogP contribution is 2.42. The van der Waals surface area contributed by atoms with E-state index < -0.39 is 17.3 Å². The van der Waals surface area contributed by atoms with E-state index in [1.807, 2.05) is 37.3 Å². The third-order valence-electron chi connectivity index (χ3n) is 7.42. The first-order valence-electron chi connectivity index (χ1n) is 12.4. The average Bonchev–Trinajstić information content (AvgIpc) is 2.83. The number of aliphatic hydroxyl groups is 1. The van der Waals surface area contributed by atoms with E-state index >= 15 is 0 Å². The maximum Gasteiger partial charge on any atom is 0.411 e. The number of cyclic esters (lactones) is 1. The molecule has 4 rings (SSSR count). The van der Waals surface area contributed by atoms with Crippen LogP contribution in [0.2, 0.25) is 0 Å². The molecule has 0 spiro atoms. The van der Waals surface area contributed by atoms with Gasteiger partial charge in [0.15, 0.2) is 0 Å². The summed E-state index contributed by atoms with van der Waals surface area (Å²) in [5.74, 6) is 0.350. The van der Waals surface area contributed by atoms with Gasteiger partial charge < -0.3 is 24.7 Å². The number of likely N-dealkylation sites (tertiary alicyclic amines) is 1. The molecule has 2 fully saturated rings. The summed E-state index contributed by atoms with van der Waals surface area (Å²) in [6.45, 7) is 7.14. The molecule has 0 radical (unpaired) electrons. The summed E-state index contributed by atoms with van der Waals surface area (Å²) in [6.07, 6.45) is 1.34. The fourth-order valence-electron chi connectivity index (χ4n) is 5.52. The van der Waals surface area contributed by atoms with Crippen molar-refractivity contribution in [3.63, 3.8) is 0 Å². The molecule has 0 bridgehead atoms. The van der Waals surface area contributed by atoms with Crippen molar-refractivity contribution in [2.45, 2.75) is 69.6 Å². The zero-order valence-electron chi connectivity index (χ0n) is 20.8. The molecule has 2 saturated heterocycles. The van der Waals surface area contributed by atoms with Crippen LogP contribution in [-0.4, -0.2) is 57.4 Å². The third kappa shape index (κ3) is 5.61. The van der Waals surface area contributed by atoms with Crippen LogP contribution in [0.1, 0.15) is 75.1 Å². The molecule has 188 valence electrons. The Kier molecular flexibility index (Phi) is 7.08. The predicted octanol–water partition coefficient (Wildman–Crippen LogP) is 5.50. The van der Waals surface area contributed by atoms with Crippen LogP contribution in [-0.2, 0) is 10.3 Å².